The van der Waals surface area contributed by atoms with Crippen LogP contribution in [0, 0.1) is 11.8 Å². The maximum absolute atomic E-state index is 11.6. The van der Waals surface area contributed by atoms with Gasteiger partial charge in [-0.05, 0) is 18.3 Å². The first-order chi connectivity index (χ1) is 7.38. The van der Waals surface area contributed by atoms with Crippen LogP contribution in [-0.2, 0) is 4.79 Å². The summed E-state index contributed by atoms with van der Waals surface area (Å²) in [6.45, 7) is 8.33. The van der Waals surface area contributed by atoms with Crippen LogP contribution in [0.15, 0.2) is 0 Å². The number of aliphatic hydroxyl groups is 1. The summed E-state index contributed by atoms with van der Waals surface area (Å²) in [4.78, 5) is 11.6. The third-order valence-electron chi connectivity index (χ3n) is 2.82. The lowest BCUT2D eigenvalue weighted by Crippen LogP contribution is -2.46. The van der Waals surface area contributed by atoms with E-state index in [0.29, 0.717) is 18.9 Å². The van der Waals surface area contributed by atoms with Crippen LogP contribution in [0.5, 0.6) is 0 Å². The molecule has 4 heteroatoms. The number of hydrogen-bond acceptors (Lipinski definition) is 3. The van der Waals surface area contributed by atoms with Gasteiger partial charge in [-0.1, -0.05) is 34.1 Å². The molecule has 4 nitrogen and oxygen atoms in total. The fourth-order valence-corrected chi connectivity index (χ4v) is 1.48. The summed E-state index contributed by atoms with van der Waals surface area (Å²) in [6, 6.07) is -0.476. The molecule has 0 aliphatic heterocycles. The number of amides is 1. The van der Waals surface area contributed by atoms with Crippen LogP contribution in [0.2, 0.25) is 0 Å². The zero-order valence-electron chi connectivity index (χ0n) is 10.9. The fourth-order valence-electron chi connectivity index (χ4n) is 1.48. The van der Waals surface area contributed by atoms with E-state index in [1.54, 1.807) is 0 Å². The molecule has 0 saturated carbocycles. The average molecular weight is 230 g/mol. The maximum atomic E-state index is 11.6. The van der Waals surface area contributed by atoms with Gasteiger partial charge in [-0.15, -0.1) is 0 Å². The largest absolute Gasteiger partial charge is 0.391 e. The maximum Gasteiger partial charge on any atom is 0.237 e. The Hall–Kier alpha value is -0.610. The van der Waals surface area contributed by atoms with E-state index in [4.69, 9.17) is 5.73 Å². The lowest BCUT2D eigenvalue weighted by molar-refractivity contribution is -0.123. The van der Waals surface area contributed by atoms with Crippen LogP contribution >= 0.6 is 0 Å². The molecule has 4 N–H and O–H groups in total. The predicted molar refractivity (Wildman–Crippen MR) is 65.9 cm³/mol. The SMILES string of the molecule is CCC(C)[C@H](N)C(=O)NCC(O)CC(C)C. The van der Waals surface area contributed by atoms with Crippen LogP contribution < -0.4 is 11.1 Å². The Kier molecular flexibility index (Phi) is 7.34. The summed E-state index contributed by atoms with van der Waals surface area (Å²) < 4.78 is 0. The van der Waals surface area contributed by atoms with Crippen LogP contribution in [-0.4, -0.2) is 29.7 Å². The lowest BCUT2D eigenvalue weighted by atomic mass is 9.99. The highest BCUT2D eigenvalue weighted by atomic mass is 16.3. The summed E-state index contributed by atoms with van der Waals surface area (Å²) in [5.74, 6) is 0.425. The molecule has 0 bridgehead atoms. The zero-order chi connectivity index (χ0) is 12.7. The van der Waals surface area contributed by atoms with Crippen molar-refractivity contribution in [2.75, 3.05) is 6.54 Å². The molecule has 0 rings (SSSR count). The van der Waals surface area contributed by atoms with Gasteiger partial charge in [-0.3, -0.25) is 4.79 Å². The second kappa shape index (κ2) is 7.63. The van der Waals surface area contributed by atoms with E-state index in [1.165, 1.54) is 0 Å². The average Bonchev–Trinajstić information content (AvgIpc) is 2.22. The molecule has 0 spiro atoms. The first-order valence-corrected chi connectivity index (χ1v) is 6.09. The van der Waals surface area contributed by atoms with Crippen molar-refractivity contribution in [3.05, 3.63) is 0 Å². The molecule has 96 valence electrons. The van der Waals surface area contributed by atoms with E-state index in [2.05, 4.69) is 5.32 Å². The molecule has 0 aliphatic rings. The highest BCUT2D eigenvalue weighted by molar-refractivity contribution is 5.81. The van der Waals surface area contributed by atoms with Crippen molar-refractivity contribution in [1.29, 1.82) is 0 Å². The monoisotopic (exact) mass is 230 g/mol. The molecule has 1 amide bonds. The van der Waals surface area contributed by atoms with Crippen LogP contribution in [0.25, 0.3) is 0 Å². The molecule has 0 heterocycles. The number of carbonyl (C=O) groups excluding carboxylic acids is 1. The van der Waals surface area contributed by atoms with E-state index < -0.39 is 12.1 Å². The van der Waals surface area contributed by atoms with Crippen LogP contribution in [0.3, 0.4) is 0 Å². The standard InChI is InChI=1S/C12H26N2O2/c1-5-9(4)11(13)12(16)14-7-10(15)6-8(2)3/h8-11,15H,5-7,13H2,1-4H3,(H,14,16)/t9?,10?,11-/m0/s1. The Labute approximate surface area is 98.6 Å². The second-order valence-electron chi connectivity index (χ2n) is 4.94. The van der Waals surface area contributed by atoms with Gasteiger partial charge in [0.05, 0.1) is 12.1 Å². The molecule has 2 unspecified atom stereocenters. The Balaban J connectivity index is 3.88. The fraction of sp³-hybridized carbons (Fsp3) is 0.917. The topological polar surface area (TPSA) is 75.4 Å². The van der Waals surface area contributed by atoms with E-state index >= 15 is 0 Å². The Morgan fingerprint density at radius 3 is 2.38 bits per heavy atom. The normalized spacial score (nSPS) is 16.9. The van der Waals surface area contributed by atoms with Gasteiger partial charge in [-0.25, -0.2) is 0 Å². The van der Waals surface area contributed by atoms with Crippen molar-refractivity contribution in [2.45, 2.75) is 52.7 Å². The van der Waals surface area contributed by atoms with Crippen LogP contribution in [0.1, 0.15) is 40.5 Å². The van der Waals surface area contributed by atoms with Gasteiger partial charge in [0.25, 0.3) is 0 Å². The van der Waals surface area contributed by atoms with Gasteiger partial charge in [0.1, 0.15) is 0 Å². The first kappa shape index (κ1) is 15.4. The van der Waals surface area contributed by atoms with Crippen molar-refractivity contribution < 1.29 is 9.90 Å². The van der Waals surface area contributed by atoms with E-state index in [-0.39, 0.29) is 11.8 Å². The second-order valence-corrected chi connectivity index (χ2v) is 4.94. The molecule has 0 radical (unpaired) electrons. The molecule has 0 aromatic heterocycles. The third kappa shape index (κ3) is 6.08. The predicted octanol–water partition coefficient (Wildman–Crippen LogP) is 0.883. The number of nitrogens with two attached hydrogens (primary N) is 1. The molecule has 0 saturated heterocycles. The number of aliphatic hydroxyl groups excluding tert-OH is 1. The van der Waals surface area contributed by atoms with Gasteiger partial charge in [0.15, 0.2) is 0 Å². The van der Waals surface area contributed by atoms with Gasteiger partial charge in [0, 0.05) is 6.54 Å². The Bertz CT molecular complexity index is 207. The van der Waals surface area contributed by atoms with Gasteiger partial charge in [0.2, 0.25) is 5.91 Å². The molecule has 0 fully saturated rings. The van der Waals surface area contributed by atoms with Crippen molar-refractivity contribution >= 4 is 5.91 Å². The molecule has 0 aliphatic carbocycles. The van der Waals surface area contributed by atoms with E-state index in [0.717, 1.165) is 6.42 Å². The molecule has 0 aromatic rings. The summed E-state index contributed by atoms with van der Waals surface area (Å²) >= 11 is 0. The minimum atomic E-state index is -0.479. The van der Waals surface area contributed by atoms with Gasteiger partial charge in [-0.2, -0.15) is 0 Å². The Morgan fingerprint density at radius 2 is 1.94 bits per heavy atom. The van der Waals surface area contributed by atoms with Crippen molar-refractivity contribution in [1.82, 2.24) is 5.32 Å². The minimum absolute atomic E-state index is 0.169. The van der Waals surface area contributed by atoms with Crippen molar-refractivity contribution in [3.63, 3.8) is 0 Å². The summed E-state index contributed by atoms with van der Waals surface area (Å²) in [5.41, 5.74) is 5.77. The number of nitrogens with one attached hydrogen (secondary N) is 1. The summed E-state index contributed by atoms with van der Waals surface area (Å²) in [5, 5.41) is 12.3. The first-order valence-electron chi connectivity index (χ1n) is 6.09. The zero-order valence-corrected chi connectivity index (χ0v) is 10.9. The van der Waals surface area contributed by atoms with Crippen LogP contribution in [0.4, 0.5) is 0 Å². The number of carbonyl (C=O) groups is 1. The third-order valence-corrected chi connectivity index (χ3v) is 2.82. The van der Waals surface area contributed by atoms with E-state index in [9.17, 15) is 9.90 Å². The van der Waals surface area contributed by atoms with Gasteiger partial charge < -0.3 is 16.2 Å². The Morgan fingerprint density at radius 1 is 1.38 bits per heavy atom. The number of rotatable bonds is 7. The summed E-state index contributed by atoms with van der Waals surface area (Å²) in [6.07, 6.45) is 1.09. The highest BCUT2D eigenvalue weighted by Gasteiger charge is 2.19. The molecule has 16 heavy (non-hydrogen) atoms. The highest BCUT2D eigenvalue weighted by Crippen LogP contribution is 2.06. The van der Waals surface area contributed by atoms with E-state index in [1.807, 2.05) is 27.7 Å². The van der Waals surface area contributed by atoms with Crippen molar-refractivity contribution in [2.24, 2.45) is 17.6 Å². The molecular weight excluding hydrogens is 204 g/mol. The molecule has 3 atom stereocenters. The molecular formula is C12H26N2O2. The lowest BCUT2D eigenvalue weighted by Gasteiger charge is -2.19. The quantitative estimate of drug-likeness (QED) is 0.608. The van der Waals surface area contributed by atoms with Crippen molar-refractivity contribution in [3.8, 4) is 0 Å². The molecule has 0 aromatic carbocycles. The van der Waals surface area contributed by atoms with Gasteiger partial charge >= 0.3 is 0 Å². The number of hydrogen-bond donors (Lipinski definition) is 3. The smallest absolute Gasteiger partial charge is 0.237 e. The summed E-state index contributed by atoms with van der Waals surface area (Å²) in [7, 11) is 0. The minimum Gasteiger partial charge on any atom is -0.391 e.